The quantitative estimate of drug-likeness (QED) is 0.436. The second-order valence-electron chi connectivity index (χ2n) is 4.66. The summed E-state index contributed by atoms with van der Waals surface area (Å²) in [7, 11) is 3.67. The molecule has 1 heterocycles. The molecule has 1 fully saturated rings. The molecule has 0 radical (unpaired) electrons. The number of nitrogens with zero attached hydrogens (tertiary/aromatic N) is 2. The number of morpholine rings is 1. The zero-order valence-corrected chi connectivity index (χ0v) is 14.2. The SMILES string of the molecule is CN=C(NC)NCC(C(C)C)N1CCOCC1.I. The van der Waals surface area contributed by atoms with Crippen molar-refractivity contribution < 1.29 is 4.74 Å². The van der Waals surface area contributed by atoms with Gasteiger partial charge in [-0.3, -0.25) is 9.89 Å². The highest BCUT2D eigenvalue weighted by atomic mass is 127. The Labute approximate surface area is 128 Å². The zero-order chi connectivity index (χ0) is 12.7. The monoisotopic (exact) mass is 370 g/mol. The Hall–Kier alpha value is -0.0800. The first kappa shape index (κ1) is 17.9. The minimum Gasteiger partial charge on any atom is -0.379 e. The highest BCUT2D eigenvalue weighted by molar-refractivity contribution is 14.0. The van der Waals surface area contributed by atoms with Crippen LogP contribution in [0.4, 0.5) is 0 Å². The van der Waals surface area contributed by atoms with Gasteiger partial charge in [0.1, 0.15) is 0 Å². The van der Waals surface area contributed by atoms with Crippen LogP contribution in [-0.4, -0.2) is 63.8 Å². The summed E-state index contributed by atoms with van der Waals surface area (Å²) in [4.78, 5) is 6.64. The molecule has 1 aliphatic rings. The lowest BCUT2D eigenvalue weighted by Gasteiger charge is -2.37. The highest BCUT2D eigenvalue weighted by Gasteiger charge is 2.23. The lowest BCUT2D eigenvalue weighted by atomic mass is 10.0. The molecule has 1 saturated heterocycles. The van der Waals surface area contributed by atoms with Crippen molar-refractivity contribution >= 4 is 29.9 Å². The van der Waals surface area contributed by atoms with Crippen LogP contribution in [0, 0.1) is 5.92 Å². The fourth-order valence-electron chi connectivity index (χ4n) is 2.18. The van der Waals surface area contributed by atoms with Gasteiger partial charge in [-0.2, -0.15) is 0 Å². The summed E-state index contributed by atoms with van der Waals surface area (Å²) in [5.74, 6) is 1.47. The predicted octanol–water partition coefficient (Wildman–Crippen LogP) is 0.756. The Balaban J connectivity index is 0.00000289. The molecule has 6 heteroatoms. The summed E-state index contributed by atoms with van der Waals surface area (Å²) in [5.41, 5.74) is 0. The Kier molecular flexibility index (Phi) is 9.76. The van der Waals surface area contributed by atoms with Crippen molar-refractivity contribution in [3.8, 4) is 0 Å². The molecule has 0 amide bonds. The Morgan fingerprint density at radius 2 is 1.94 bits per heavy atom. The summed E-state index contributed by atoms with van der Waals surface area (Å²) in [5, 5.41) is 6.40. The van der Waals surface area contributed by atoms with E-state index in [0.29, 0.717) is 12.0 Å². The van der Waals surface area contributed by atoms with Crippen LogP contribution in [0.5, 0.6) is 0 Å². The Morgan fingerprint density at radius 3 is 2.39 bits per heavy atom. The molecule has 18 heavy (non-hydrogen) atoms. The topological polar surface area (TPSA) is 48.9 Å². The minimum atomic E-state index is 0. The van der Waals surface area contributed by atoms with E-state index in [1.165, 1.54) is 0 Å². The van der Waals surface area contributed by atoms with Gasteiger partial charge in [0, 0.05) is 39.8 Å². The van der Waals surface area contributed by atoms with Gasteiger partial charge in [-0.05, 0) is 5.92 Å². The molecule has 1 unspecified atom stereocenters. The van der Waals surface area contributed by atoms with Crippen molar-refractivity contribution in [2.45, 2.75) is 19.9 Å². The van der Waals surface area contributed by atoms with E-state index in [4.69, 9.17) is 4.74 Å². The second-order valence-corrected chi connectivity index (χ2v) is 4.66. The number of ether oxygens (including phenoxy) is 1. The molecule has 5 nitrogen and oxygen atoms in total. The first-order valence-corrected chi connectivity index (χ1v) is 6.39. The van der Waals surface area contributed by atoms with Crippen LogP contribution < -0.4 is 10.6 Å². The second kappa shape index (κ2) is 9.80. The zero-order valence-electron chi connectivity index (χ0n) is 11.9. The van der Waals surface area contributed by atoms with Crippen LogP contribution in [0.3, 0.4) is 0 Å². The van der Waals surface area contributed by atoms with Gasteiger partial charge < -0.3 is 15.4 Å². The van der Waals surface area contributed by atoms with Crippen LogP contribution in [0.15, 0.2) is 4.99 Å². The number of halogens is 1. The van der Waals surface area contributed by atoms with Crippen molar-refractivity contribution in [3.05, 3.63) is 0 Å². The lowest BCUT2D eigenvalue weighted by molar-refractivity contribution is 0.00753. The van der Waals surface area contributed by atoms with E-state index < -0.39 is 0 Å². The number of aliphatic imine (C=N–C) groups is 1. The maximum absolute atomic E-state index is 5.40. The van der Waals surface area contributed by atoms with E-state index >= 15 is 0 Å². The van der Waals surface area contributed by atoms with Gasteiger partial charge in [-0.1, -0.05) is 13.8 Å². The lowest BCUT2D eigenvalue weighted by Crippen LogP contribution is -2.52. The van der Waals surface area contributed by atoms with Gasteiger partial charge >= 0.3 is 0 Å². The normalized spacial score (nSPS) is 19.3. The Morgan fingerprint density at radius 1 is 1.33 bits per heavy atom. The molecule has 0 aromatic rings. The highest BCUT2D eigenvalue weighted by Crippen LogP contribution is 2.12. The molecule has 108 valence electrons. The molecule has 1 rings (SSSR count). The third kappa shape index (κ3) is 5.71. The molecule has 0 aliphatic carbocycles. The molecule has 0 aromatic heterocycles. The fraction of sp³-hybridized carbons (Fsp3) is 0.917. The summed E-state index contributed by atoms with van der Waals surface area (Å²) in [6.45, 7) is 9.22. The third-order valence-electron chi connectivity index (χ3n) is 3.22. The summed E-state index contributed by atoms with van der Waals surface area (Å²) < 4.78 is 5.40. The van der Waals surface area contributed by atoms with Gasteiger partial charge in [-0.25, -0.2) is 0 Å². The summed E-state index contributed by atoms with van der Waals surface area (Å²) in [6, 6.07) is 0.531. The van der Waals surface area contributed by atoms with E-state index in [9.17, 15) is 0 Å². The number of guanidine groups is 1. The van der Waals surface area contributed by atoms with E-state index in [2.05, 4.69) is 34.4 Å². The van der Waals surface area contributed by atoms with Crippen molar-refractivity contribution in [3.63, 3.8) is 0 Å². The molecule has 2 N–H and O–H groups in total. The van der Waals surface area contributed by atoms with Gasteiger partial charge in [-0.15, -0.1) is 24.0 Å². The molecular weight excluding hydrogens is 343 g/mol. The largest absolute Gasteiger partial charge is 0.379 e. The fourth-order valence-corrected chi connectivity index (χ4v) is 2.18. The van der Waals surface area contributed by atoms with Crippen molar-refractivity contribution in [2.75, 3.05) is 46.9 Å². The summed E-state index contributed by atoms with van der Waals surface area (Å²) in [6.07, 6.45) is 0. The number of rotatable bonds is 4. The van der Waals surface area contributed by atoms with Crippen molar-refractivity contribution in [2.24, 2.45) is 10.9 Å². The minimum absolute atomic E-state index is 0. The van der Waals surface area contributed by atoms with Crippen molar-refractivity contribution in [1.29, 1.82) is 0 Å². The van der Waals surface area contributed by atoms with Crippen LogP contribution in [0.2, 0.25) is 0 Å². The maximum atomic E-state index is 5.40. The van der Waals surface area contributed by atoms with E-state index in [-0.39, 0.29) is 24.0 Å². The van der Waals surface area contributed by atoms with Gasteiger partial charge in [0.25, 0.3) is 0 Å². The first-order chi connectivity index (χ1) is 8.19. The van der Waals surface area contributed by atoms with Gasteiger partial charge in [0.05, 0.1) is 13.2 Å². The average Bonchev–Trinajstić information content (AvgIpc) is 2.35. The Bertz CT molecular complexity index is 242. The van der Waals surface area contributed by atoms with Gasteiger partial charge in [0.2, 0.25) is 0 Å². The third-order valence-corrected chi connectivity index (χ3v) is 3.22. The molecule has 0 aromatic carbocycles. The predicted molar refractivity (Wildman–Crippen MR) is 86.9 cm³/mol. The smallest absolute Gasteiger partial charge is 0.190 e. The molecular formula is C12H27IN4O. The molecule has 0 spiro atoms. The molecule has 1 atom stereocenters. The van der Waals surface area contributed by atoms with Crippen molar-refractivity contribution in [1.82, 2.24) is 15.5 Å². The summed E-state index contributed by atoms with van der Waals surface area (Å²) >= 11 is 0. The molecule has 1 aliphatic heterocycles. The van der Waals surface area contributed by atoms with E-state index in [1.807, 2.05) is 7.05 Å². The van der Waals surface area contributed by atoms with Crippen LogP contribution in [-0.2, 0) is 4.74 Å². The number of hydrogen-bond acceptors (Lipinski definition) is 3. The van der Waals surface area contributed by atoms with Crippen LogP contribution in [0.25, 0.3) is 0 Å². The molecule has 0 bridgehead atoms. The average molecular weight is 370 g/mol. The van der Waals surface area contributed by atoms with Gasteiger partial charge in [0.15, 0.2) is 5.96 Å². The number of hydrogen-bond donors (Lipinski definition) is 2. The molecule has 0 saturated carbocycles. The van der Waals surface area contributed by atoms with Crippen LogP contribution in [0.1, 0.15) is 13.8 Å². The maximum Gasteiger partial charge on any atom is 0.190 e. The standard InChI is InChI=1S/C12H26N4O.HI/c1-10(2)11(9-15-12(13-3)14-4)16-5-7-17-8-6-16;/h10-11H,5-9H2,1-4H3,(H2,13,14,15);1H. The van der Waals surface area contributed by atoms with E-state index in [0.717, 1.165) is 38.8 Å². The van der Waals surface area contributed by atoms with Crippen LogP contribution >= 0.6 is 24.0 Å². The first-order valence-electron chi connectivity index (χ1n) is 6.39. The van der Waals surface area contributed by atoms with E-state index in [1.54, 1.807) is 7.05 Å². The number of nitrogens with one attached hydrogen (secondary N) is 2.